The molecule has 0 atom stereocenters. The van der Waals surface area contributed by atoms with Crippen LogP contribution in [0.15, 0.2) is 55.0 Å². The van der Waals surface area contributed by atoms with Crippen LogP contribution in [0.4, 0.5) is 23.1 Å². The second kappa shape index (κ2) is 8.22. The van der Waals surface area contributed by atoms with Crippen molar-refractivity contribution in [2.75, 3.05) is 42.1 Å². The molecule has 1 aliphatic heterocycles. The van der Waals surface area contributed by atoms with E-state index in [9.17, 15) is 0 Å². The number of anilines is 4. The van der Waals surface area contributed by atoms with E-state index in [-0.39, 0.29) is 0 Å². The lowest BCUT2D eigenvalue weighted by atomic mass is 10.2. The van der Waals surface area contributed by atoms with Crippen molar-refractivity contribution >= 4 is 23.1 Å². The Morgan fingerprint density at radius 2 is 1.79 bits per heavy atom. The second-order valence-corrected chi connectivity index (χ2v) is 7.05. The van der Waals surface area contributed by atoms with E-state index >= 15 is 0 Å². The average molecular weight is 375 g/mol. The molecule has 0 saturated carbocycles. The molecule has 0 amide bonds. The SMILES string of the molecule is Cc1ccnc(Nc2ncnc(N3CCN(Cc4ccccc4)CC3)c2N)c1. The summed E-state index contributed by atoms with van der Waals surface area (Å²) in [4.78, 5) is 17.8. The zero-order valence-electron chi connectivity index (χ0n) is 16.0. The Morgan fingerprint density at radius 3 is 2.54 bits per heavy atom. The van der Waals surface area contributed by atoms with Crippen LogP contribution in [0, 0.1) is 6.92 Å². The molecule has 4 rings (SSSR count). The normalized spacial score (nSPS) is 14.8. The number of aryl methyl sites for hydroxylation is 1. The summed E-state index contributed by atoms with van der Waals surface area (Å²) in [6.07, 6.45) is 3.32. The zero-order valence-corrected chi connectivity index (χ0v) is 16.0. The first-order valence-electron chi connectivity index (χ1n) is 9.50. The summed E-state index contributed by atoms with van der Waals surface area (Å²) in [5, 5.41) is 3.21. The molecular formula is C21H25N7. The van der Waals surface area contributed by atoms with Crippen molar-refractivity contribution in [1.82, 2.24) is 19.9 Å². The van der Waals surface area contributed by atoms with E-state index in [0.29, 0.717) is 11.5 Å². The summed E-state index contributed by atoms with van der Waals surface area (Å²) in [5.74, 6) is 2.10. The minimum atomic E-state index is 0.558. The third-order valence-electron chi connectivity index (χ3n) is 4.95. The highest BCUT2D eigenvalue weighted by Gasteiger charge is 2.21. The van der Waals surface area contributed by atoms with Gasteiger partial charge in [-0.2, -0.15) is 0 Å². The number of hydrogen-bond donors (Lipinski definition) is 2. The van der Waals surface area contributed by atoms with Crippen LogP contribution in [-0.2, 0) is 6.54 Å². The van der Waals surface area contributed by atoms with Crippen LogP contribution in [0.3, 0.4) is 0 Å². The number of nitrogens with one attached hydrogen (secondary N) is 1. The number of pyridine rings is 1. The van der Waals surface area contributed by atoms with Crippen molar-refractivity contribution < 1.29 is 0 Å². The molecule has 1 aromatic carbocycles. The number of nitrogens with zero attached hydrogens (tertiary/aromatic N) is 5. The summed E-state index contributed by atoms with van der Waals surface area (Å²) in [6.45, 7) is 6.71. The van der Waals surface area contributed by atoms with Gasteiger partial charge in [-0.25, -0.2) is 15.0 Å². The highest BCUT2D eigenvalue weighted by molar-refractivity contribution is 5.77. The minimum Gasteiger partial charge on any atom is -0.393 e. The number of hydrogen-bond acceptors (Lipinski definition) is 7. The molecule has 7 heteroatoms. The summed E-state index contributed by atoms with van der Waals surface area (Å²) >= 11 is 0. The third kappa shape index (κ3) is 4.20. The predicted octanol–water partition coefficient (Wildman–Crippen LogP) is 2.83. The molecule has 28 heavy (non-hydrogen) atoms. The molecule has 0 spiro atoms. The minimum absolute atomic E-state index is 0.558. The van der Waals surface area contributed by atoms with Gasteiger partial charge in [0.05, 0.1) is 0 Å². The van der Waals surface area contributed by atoms with Gasteiger partial charge in [-0.1, -0.05) is 30.3 Å². The highest BCUT2D eigenvalue weighted by Crippen LogP contribution is 2.28. The fourth-order valence-electron chi connectivity index (χ4n) is 3.42. The number of nitrogen functional groups attached to an aromatic ring is 1. The molecule has 0 aliphatic carbocycles. The summed E-state index contributed by atoms with van der Waals surface area (Å²) < 4.78 is 0. The maximum Gasteiger partial charge on any atom is 0.160 e. The van der Waals surface area contributed by atoms with Crippen LogP contribution in [-0.4, -0.2) is 46.0 Å². The van der Waals surface area contributed by atoms with E-state index in [2.05, 4.69) is 60.4 Å². The molecular weight excluding hydrogens is 350 g/mol. The van der Waals surface area contributed by atoms with Gasteiger partial charge >= 0.3 is 0 Å². The monoisotopic (exact) mass is 375 g/mol. The van der Waals surface area contributed by atoms with Gasteiger partial charge in [0.25, 0.3) is 0 Å². The van der Waals surface area contributed by atoms with Crippen molar-refractivity contribution in [2.45, 2.75) is 13.5 Å². The number of rotatable bonds is 5. The maximum atomic E-state index is 6.39. The molecule has 0 radical (unpaired) electrons. The Hall–Kier alpha value is -3.19. The number of nitrogens with two attached hydrogens (primary N) is 1. The quantitative estimate of drug-likeness (QED) is 0.709. The first kappa shape index (κ1) is 18.2. The Balaban J connectivity index is 1.42. The van der Waals surface area contributed by atoms with Crippen molar-refractivity contribution in [3.8, 4) is 0 Å². The van der Waals surface area contributed by atoms with Gasteiger partial charge in [0.1, 0.15) is 17.8 Å². The predicted molar refractivity (Wildman–Crippen MR) is 113 cm³/mol. The molecule has 7 nitrogen and oxygen atoms in total. The van der Waals surface area contributed by atoms with Crippen molar-refractivity contribution in [1.29, 1.82) is 0 Å². The van der Waals surface area contributed by atoms with Gasteiger partial charge in [0.15, 0.2) is 11.6 Å². The molecule has 0 unspecified atom stereocenters. The Bertz CT molecular complexity index is 921. The van der Waals surface area contributed by atoms with Gasteiger partial charge in [-0.3, -0.25) is 4.90 Å². The number of piperazine rings is 1. The van der Waals surface area contributed by atoms with E-state index in [1.165, 1.54) is 5.56 Å². The molecule has 2 aromatic heterocycles. The lowest BCUT2D eigenvalue weighted by Gasteiger charge is -2.36. The van der Waals surface area contributed by atoms with E-state index in [4.69, 9.17) is 5.73 Å². The molecule has 0 bridgehead atoms. The van der Waals surface area contributed by atoms with E-state index in [0.717, 1.165) is 49.9 Å². The Labute approximate surface area is 165 Å². The van der Waals surface area contributed by atoms with Crippen LogP contribution in [0.25, 0.3) is 0 Å². The van der Waals surface area contributed by atoms with Gasteiger partial charge in [0, 0.05) is 38.9 Å². The number of aromatic nitrogens is 3. The highest BCUT2D eigenvalue weighted by atomic mass is 15.3. The molecule has 1 aliphatic rings. The topological polar surface area (TPSA) is 83.2 Å². The van der Waals surface area contributed by atoms with E-state index < -0.39 is 0 Å². The standard InChI is InChI=1S/C21H25N7/c1-16-7-8-23-18(13-16)26-20-19(22)21(25-15-24-20)28-11-9-27(10-12-28)14-17-5-3-2-4-6-17/h2-8,13,15H,9-12,14,22H2,1H3,(H,23,24,25,26). The molecule has 3 aromatic rings. The van der Waals surface area contributed by atoms with Gasteiger partial charge in [0.2, 0.25) is 0 Å². The molecule has 1 saturated heterocycles. The van der Waals surface area contributed by atoms with Crippen LogP contribution < -0.4 is 16.0 Å². The lowest BCUT2D eigenvalue weighted by Crippen LogP contribution is -2.46. The van der Waals surface area contributed by atoms with E-state index in [1.807, 2.05) is 19.1 Å². The van der Waals surface area contributed by atoms with E-state index in [1.54, 1.807) is 12.5 Å². The van der Waals surface area contributed by atoms with Crippen molar-refractivity contribution in [3.05, 3.63) is 66.1 Å². The molecule has 3 N–H and O–H groups in total. The van der Waals surface area contributed by atoms with Gasteiger partial charge in [-0.05, 0) is 30.2 Å². The smallest absolute Gasteiger partial charge is 0.160 e. The van der Waals surface area contributed by atoms with Crippen LogP contribution in [0.5, 0.6) is 0 Å². The fourth-order valence-corrected chi connectivity index (χ4v) is 3.42. The molecule has 3 heterocycles. The first-order valence-corrected chi connectivity index (χ1v) is 9.50. The zero-order chi connectivity index (χ0) is 19.3. The van der Waals surface area contributed by atoms with Crippen LogP contribution >= 0.6 is 0 Å². The third-order valence-corrected chi connectivity index (χ3v) is 4.95. The Morgan fingerprint density at radius 1 is 1.00 bits per heavy atom. The second-order valence-electron chi connectivity index (χ2n) is 7.05. The molecule has 1 fully saturated rings. The van der Waals surface area contributed by atoms with Crippen LogP contribution in [0.1, 0.15) is 11.1 Å². The van der Waals surface area contributed by atoms with Gasteiger partial charge in [-0.15, -0.1) is 0 Å². The summed E-state index contributed by atoms with van der Waals surface area (Å²) in [7, 11) is 0. The first-order chi connectivity index (χ1) is 13.7. The largest absolute Gasteiger partial charge is 0.393 e. The van der Waals surface area contributed by atoms with Crippen molar-refractivity contribution in [3.63, 3.8) is 0 Å². The molecule has 144 valence electrons. The number of benzene rings is 1. The average Bonchev–Trinajstić information content (AvgIpc) is 2.71. The lowest BCUT2D eigenvalue weighted by molar-refractivity contribution is 0.249. The van der Waals surface area contributed by atoms with Gasteiger partial charge < -0.3 is 16.0 Å². The maximum absolute atomic E-state index is 6.39. The summed E-state index contributed by atoms with van der Waals surface area (Å²) in [5.41, 5.74) is 9.41. The Kier molecular flexibility index (Phi) is 5.34. The fraction of sp³-hybridized carbons (Fsp3) is 0.286. The van der Waals surface area contributed by atoms with Crippen LogP contribution in [0.2, 0.25) is 0 Å². The van der Waals surface area contributed by atoms with Crippen molar-refractivity contribution in [2.24, 2.45) is 0 Å². The summed E-state index contributed by atoms with van der Waals surface area (Å²) in [6, 6.07) is 14.5.